The first-order chi connectivity index (χ1) is 13.3. The predicted molar refractivity (Wildman–Crippen MR) is 119 cm³/mol. The Kier molecular flexibility index (Phi) is 6.05. The summed E-state index contributed by atoms with van der Waals surface area (Å²) in [7, 11) is 0. The van der Waals surface area contributed by atoms with Gasteiger partial charge in [0.2, 0.25) is 0 Å². The van der Waals surface area contributed by atoms with E-state index in [1.165, 1.54) is 57.8 Å². The van der Waals surface area contributed by atoms with Crippen LogP contribution in [0.15, 0.2) is 11.1 Å². The highest BCUT2D eigenvalue weighted by molar-refractivity contribution is 5.29. The molecule has 4 aliphatic carbocycles. The Balaban J connectivity index is 1.49. The van der Waals surface area contributed by atoms with Crippen LogP contribution in [0.3, 0.4) is 0 Å². The van der Waals surface area contributed by atoms with Crippen molar-refractivity contribution < 1.29 is 5.11 Å². The summed E-state index contributed by atoms with van der Waals surface area (Å²) in [6.07, 6.45) is 14.7. The minimum absolute atomic E-state index is 0.0610. The molecule has 0 unspecified atom stereocenters. The van der Waals surface area contributed by atoms with Gasteiger partial charge in [-0.25, -0.2) is 0 Å². The molecule has 0 aromatic rings. The maximum absolute atomic E-state index is 10.2. The molecule has 1 N–H and O–H groups in total. The molecule has 160 valence electrons. The number of fused-ring (bicyclic) bond motifs is 4. The minimum atomic E-state index is -0.0610. The minimum Gasteiger partial charge on any atom is -0.393 e. The third kappa shape index (κ3) is 3.63. The average Bonchev–Trinajstić information content (AvgIpc) is 2.99. The van der Waals surface area contributed by atoms with E-state index in [9.17, 15) is 5.11 Å². The van der Waals surface area contributed by atoms with Crippen molar-refractivity contribution in [3.63, 3.8) is 0 Å². The first-order valence-corrected chi connectivity index (χ1v) is 12.7. The third-order valence-corrected chi connectivity index (χ3v) is 9.92. The first-order valence-electron chi connectivity index (χ1n) is 12.7. The van der Waals surface area contributed by atoms with Crippen LogP contribution >= 0.6 is 0 Å². The highest BCUT2D eigenvalue weighted by atomic mass is 16.3. The van der Waals surface area contributed by atoms with Gasteiger partial charge >= 0.3 is 0 Å². The molecule has 0 radical (unpaired) electrons. The van der Waals surface area contributed by atoms with Gasteiger partial charge in [0, 0.05) is 0 Å². The summed E-state index contributed by atoms with van der Waals surface area (Å²) >= 11 is 0. The Labute approximate surface area is 174 Å². The monoisotopic (exact) mass is 386 g/mol. The molecule has 2 fully saturated rings. The maximum atomic E-state index is 10.2. The molecule has 0 spiro atoms. The van der Waals surface area contributed by atoms with E-state index in [-0.39, 0.29) is 6.10 Å². The molecule has 1 nitrogen and oxygen atoms in total. The summed E-state index contributed by atoms with van der Waals surface area (Å²) in [4.78, 5) is 0. The van der Waals surface area contributed by atoms with E-state index in [0.717, 1.165) is 54.3 Å². The molecule has 0 bridgehead atoms. The van der Waals surface area contributed by atoms with E-state index in [0.29, 0.717) is 5.41 Å². The lowest BCUT2D eigenvalue weighted by Crippen LogP contribution is -2.46. The lowest BCUT2D eigenvalue weighted by atomic mass is 9.51. The van der Waals surface area contributed by atoms with Crippen molar-refractivity contribution in [3.05, 3.63) is 11.1 Å². The Morgan fingerprint density at radius 1 is 1.04 bits per heavy atom. The van der Waals surface area contributed by atoms with Gasteiger partial charge in [0.1, 0.15) is 0 Å². The summed E-state index contributed by atoms with van der Waals surface area (Å²) in [6.45, 7) is 12.5. The topological polar surface area (TPSA) is 20.2 Å². The van der Waals surface area contributed by atoms with Crippen LogP contribution < -0.4 is 0 Å². The zero-order chi connectivity index (χ0) is 20.1. The van der Waals surface area contributed by atoms with Crippen molar-refractivity contribution in [1.82, 2.24) is 0 Å². The molecule has 2 saturated carbocycles. The molecule has 4 aliphatic rings. The van der Waals surface area contributed by atoms with Crippen LogP contribution in [0, 0.1) is 46.8 Å². The Morgan fingerprint density at radius 3 is 2.57 bits per heavy atom. The summed E-state index contributed by atoms with van der Waals surface area (Å²) < 4.78 is 0. The molecule has 0 heterocycles. The summed E-state index contributed by atoms with van der Waals surface area (Å²) in [5, 5.41) is 10.2. The van der Waals surface area contributed by atoms with Gasteiger partial charge in [0.05, 0.1) is 6.10 Å². The number of hydrogen-bond acceptors (Lipinski definition) is 1. The fraction of sp³-hybridized carbons (Fsp3) is 0.926. The number of hydrogen-bond donors (Lipinski definition) is 1. The van der Waals surface area contributed by atoms with Gasteiger partial charge in [-0.05, 0) is 98.2 Å². The fourth-order valence-electron chi connectivity index (χ4n) is 8.53. The van der Waals surface area contributed by atoms with Gasteiger partial charge in [-0.2, -0.15) is 0 Å². The van der Waals surface area contributed by atoms with E-state index in [2.05, 4.69) is 34.6 Å². The molecule has 1 heteroatoms. The lowest BCUT2D eigenvalue weighted by molar-refractivity contribution is -0.0110. The quantitative estimate of drug-likeness (QED) is 0.488. The van der Waals surface area contributed by atoms with Crippen LogP contribution in [-0.4, -0.2) is 11.2 Å². The Hall–Kier alpha value is -0.300. The van der Waals surface area contributed by atoms with E-state index in [1.54, 1.807) is 5.57 Å². The summed E-state index contributed by atoms with van der Waals surface area (Å²) in [5.41, 5.74) is 4.11. The van der Waals surface area contributed by atoms with Gasteiger partial charge in [-0.3, -0.25) is 0 Å². The second kappa shape index (κ2) is 8.09. The molecule has 0 aliphatic heterocycles. The van der Waals surface area contributed by atoms with Gasteiger partial charge in [0.15, 0.2) is 0 Å². The predicted octanol–water partition coefficient (Wildman–Crippen LogP) is 7.39. The van der Waals surface area contributed by atoms with Crippen molar-refractivity contribution >= 4 is 0 Å². The van der Waals surface area contributed by atoms with Crippen molar-refractivity contribution in [3.8, 4) is 0 Å². The van der Waals surface area contributed by atoms with E-state index < -0.39 is 0 Å². The zero-order valence-electron chi connectivity index (χ0n) is 19.3. The molecule has 8 atom stereocenters. The van der Waals surface area contributed by atoms with Gasteiger partial charge < -0.3 is 5.11 Å². The maximum Gasteiger partial charge on any atom is 0.0580 e. The van der Waals surface area contributed by atoms with Crippen LogP contribution in [0.1, 0.15) is 105 Å². The molecular formula is C27H46O. The van der Waals surface area contributed by atoms with E-state index >= 15 is 0 Å². The van der Waals surface area contributed by atoms with Crippen molar-refractivity contribution in [2.45, 2.75) is 111 Å². The van der Waals surface area contributed by atoms with Gasteiger partial charge in [0.25, 0.3) is 0 Å². The highest BCUT2D eigenvalue weighted by Gasteiger charge is 2.56. The Bertz CT molecular complexity index is 589. The van der Waals surface area contributed by atoms with Crippen LogP contribution in [-0.2, 0) is 0 Å². The smallest absolute Gasteiger partial charge is 0.0580 e. The second-order valence-electron chi connectivity index (χ2n) is 12.0. The van der Waals surface area contributed by atoms with Gasteiger partial charge in [-0.15, -0.1) is 0 Å². The summed E-state index contributed by atoms with van der Waals surface area (Å²) in [5.74, 6) is 6.22. The van der Waals surface area contributed by atoms with Crippen LogP contribution in [0.4, 0.5) is 0 Å². The standard InChI is InChI=1S/C27H46O/c1-17(2)7-6-8-18(3)25-11-12-26-24-15-19(4)23-16-20(28)9-10-21(23)22(24)13-14-27(25,26)5/h17-20,22,24-26,28H,6-16H2,1-5H3/t18-,19-,20+,22-,24-,25-,26+,27-/m1/s1. The normalized spacial score (nSPS) is 44.2. The molecule has 0 aromatic heterocycles. The first kappa shape index (κ1) is 21.0. The largest absolute Gasteiger partial charge is 0.393 e. The number of allylic oxidation sites excluding steroid dienone is 1. The lowest BCUT2D eigenvalue weighted by Gasteiger charge is -2.54. The molecule has 28 heavy (non-hydrogen) atoms. The number of rotatable bonds is 5. The summed E-state index contributed by atoms with van der Waals surface area (Å²) in [6, 6.07) is 0. The van der Waals surface area contributed by atoms with Crippen molar-refractivity contribution in [1.29, 1.82) is 0 Å². The van der Waals surface area contributed by atoms with Crippen LogP contribution in [0.25, 0.3) is 0 Å². The molecule has 0 aromatic carbocycles. The molecule has 0 amide bonds. The molecular weight excluding hydrogens is 340 g/mol. The third-order valence-electron chi connectivity index (χ3n) is 9.92. The second-order valence-corrected chi connectivity index (χ2v) is 12.0. The van der Waals surface area contributed by atoms with Crippen LogP contribution in [0.5, 0.6) is 0 Å². The average molecular weight is 387 g/mol. The fourth-order valence-corrected chi connectivity index (χ4v) is 8.53. The zero-order valence-corrected chi connectivity index (χ0v) is 19.3. The van der Waals surface area contributed by atoms with Gasteiger partial charge in [-0.1, -0.05) is 65.0 Å². The van der Waals surface area contributed by atoms with E-state index in [1.807, 2.05) is 5.57 Å². The van der Waals surface area contributed by atoms with Crippen LogP contribution in [0.2, 0.25) is 0 Å². The highest BCUT2D eigenvalue weighted by Crippen LogP contribution is 2.65. The van der Waals surface area contributed by atoms with Crippen molar-refractivity contribution in [2.24, 2.45) is 46.8 Å². The molecule has 4 rings (SSSR count). The molecule has 0 saturated heterocycles. The Morgan fingerprint density at radius 2 is 1.82 bits per heavy atom. The van der Waals surface area contributed by atoms with E-state index in [4.69, 9.17) is 0 Å². The van der Waals surface area contributed by atoms with Crippen molar-refractivity contribution in [2.75, 3.05) is 0 Å². The SMILES string of the molecule is CC(C)CCC[C@@H](C)[C@H]1CC[C@H]2[C@@H]3C[C@@H](C)C4=C(CC[C@H](O)C4)[C@H]3CC[C@]12C. The number of aliphatic hydroxyl groups is 1. The number of aliphatic hydroxyl groups excluding tert-OH is 1.